The molecule has 3 aromatic heterocycles. The Bertz CT molecular complexity index is 2230. The van der Waals surface area contributed by atoms with Gasteiger partial charge in [-0.25, -0.2) is 9.48 Å². The molecule has 2 aromatic carbocycles. The quantitative estimate of drug-likeness (QED) is 0.172. The van der Waals surface area contributed by atoms with Crippen LogP contribution in [0.1, 0.15) is 84.5 Å². The first kappa shape index (κ1) is 34.6. The molecule has 8 rings (SSSR count). The number of fused-ring (bicyclic) bond motifs is 2. The molecule has 0 bridgehead atoms. The number of aryl methyl sites for hydroxylation is 1. The largest absolute Gasteiger partial charge is 0.481 e. The van der Waals surface area contributed by atoms with Gasteiger partial charge in [0.05, 0.1) is 23.3 Å². The van der Waals surface area contributed by atoms with Gasteiger partial charge in [0.2, 0.25) is 0 Å². The molecule has 2 N–H and O–H groups in total. The number of carbonyl (C=O) groups is 3. The summed E-state index contributed by atoms with van der Waals surface area (Å²) in [5.74, 6) is -0.0661. The van der Waals surface area contributed by atoms with Crippen LogP contribution in [-0.2, 0) is 23.2 Å². The summed E-state index contributed by atoms with van der Waals surface area (Å²) in [5, 5.41) is 16.3. The summed E-state index contributed by atoms with van der Waals surface area (Å²) in [6.07, 6.45) is 8.33. The molecule has 2 fully saturated rings. The number of nitrogens with zero attached hydrogens (tertiary/aromatic N) is 6. The molecule has 1 saturated heterocycles. The van der Waals surface area contributed by atoms with Crippen molar-refractivity contribution in [1.82, 2.24) is 29.5 Å². The van der Waals surface area contributed by atoms with Gasteiger partial charge in [0.1, 0.15) is 11.5 Å². The fraction of sp³-hybridized carbons (Fsp3) is 0.405. The molecule has 5 heterocycles. The summed E-state index contributed by atoms with van der Waals surface area (Å²) in [4.78, 5) is 55.1. The van der Waals surface area contributed by atoms with Crippen LogP contribution in [0.15, 0.2) is 60.8 Å². The average molecular weight is 714 g/mol. The number of aromatic amines is 1. The van der Waals surface area contributed by atoms with Crippen molar-refractivity contribution in [3.63, 3.8) is 0 Å². The second kappa shape index (κ2) is 13.5. The van der Waals surface area contributed by atoms with E-state index < -0.39 is 11.4 Å². The van der Waals surface area contributed by atoms with Crippen molar-refractivity contribution in [2.24, 2.45) is 5.92 Å². The van der Waals surface area contributed by atoms with E-state index in [2.05, 4.69) is 9.97 Å². The summed E-state index contributed by atoms with van der Waals surface area (Å²) in [6.45, 7) is 9.90. The molecule has 0 spiro atoms. The van der Waals surface area contributed by atoms with Gasteiger partial charge in [0.25, 0.3) is 5.91 Å². The first-order chi connectivity index (χ1) is 25.5. The number of carboxylic acid groups (broad SMARTS) is 1. The third-order valence-corrected chi connectivity index (χ3v) is 11.8. The number of amides is 3. The van der Waals surface area contributed by atoms with Crippen molar-refractivity contribution < 1.29 is 19.5 Å². The Hall–Kier alpha value is -5.45. The number of aromatic nitrogens is 4. The van der Waals surface area contributed by atoms with E-state index in [0.717, 1.165) is 58.7 Å². The van der Waals surface area contributed by atoms with Crippen LogP contribution in [0, 0.1) is 19.8 Å². The first-order valence-electron chi connectivity index (χ1n) is 18.9. The molecule has 11 heteroatoms. The van der Waals surface area contributed by atoms with Gasteiger partial charge in [-0.1, -0.05) is 43.5 Å². The van der Waals surface area contributed by atoms with E-state index in [0.29, 0.717) is 54.3 Å². The molecule has 3 amide bonds. The number of carbonyl (C=O) groups excluding carboxylic acids is 2. The van der Waals surface area contributed by atoms with E-state index in [4.69, 9.17) is 5.10 Å². The average Bonchev–Trinajstić information content (AvgIpc) is 3.85. The van der Waals surface area contributed by atoms with Crippen molar-refractivity contribution >= 4 is 34.6 Å². The Balaban J connectivity index is 1.17. The molecule has 2 aliphatic heterocycles. The van der Waals surface area contributed by atoms with Crippen LogP contribution in [0.3, 0.4) is 0 Å². The van der Waals surface area contributed by atoms with Crippen LogP contribution in [0.5, 0.6) is 0 Å². The lowest BCUT2D eigenvalue weighted by Crippen LogP contribution is -2.39. The Morgan fingerprint density at radius 3 is 2.51 bits per heavy atom. The third-order valence-electron chi connectivity index (χ3n) is 11.8. The molecule has 0 atom stereocenters. The van der Waals surface area contributed by atoms with Gasteiger partial charge in [0, 0.05) is 66.5 Å². The van der Waals surface area contributed by atoms with E-state index in [1.54, 1.807) is 24.9 Å². The summed E-state index contributed by atoms with van der Waals surface area (Å²) in [5.41, 5.74) is 6.50. The lowest BCUT2D eigenvalue weighted by Gasteiger charge is -2.30. The number of urea groups is 1. The highest BCUT2D eigenvalue weighted by Crippen LogP contribution is 2.40. The normalized spacial score (nSPS) is 16.8. The van der Waals surface area contributed by atoms with Gasteiger partial charge in [-0.05, 0) is 93.5 Å². The maximum atomic E-state index is 14.7. The zero-order chi connectivity index (χ0) is 37.0. The number of H-pyrrole nitrogens is 1. The second-order valence-corrected chi connectivity index (χ2v) is 15.5. The number of anilines is 1. The number of hydrogen-bond acceptors (Lipinski definition) is 5. The Labute approximate surface area is 309 Å². The van der Waals surface area contributed by atoms with E-state index in [-0.39, 0.29) is 24.2 Å². The molecular weight excluding hydrogens is 667 g/mol. The van der Waals surface area contributed by atoms with Gasteiger partial charge in [0.15, 0.2) is 0 Å². The summed E-state index contributed by atoms with van der Waals surface area (Å²) < 4.78 is 1.87. The minimum atomic E-state index is -1.38. The first-order valence-corrected chi connectivity index (χ1v) is 18.9. The van der Waals surface area contributed by atoms with Crippen molar-refractivity contribution in [2.45, 2.75) is 78.2 Å². The zero-order valence-corrected chi connectivity index (χ0v) is 31.0. The van der Waals surface area contributed by atoms with Crippen LogP contribution < -0.4 is 4.90 Å². The maximum absolute atomic E-state index is 14.7. The number of hydrogen-bond donors (Lipinski definition) is 2. The Morgan fingerprint density at radius 1 is 0.981 bits per heavy atom. The number of para-hydroxylation sites is 1. The van der Waals surface area contributed by atoms with E-state index in [1.165, 1.54) is 19.3 Å². The standard InChI is InChI=1S/C42H47N7O4/c1-26-27(2)43-19-17-31(26)29-15-16-34-32(23-29)36(42(3,4)40(51)52)37(44-34)39(50)46-20-18-35-33(25-46)38(49(45-35)30-13-9-6-10-14-30)48-22-21-47(41(48)53)24-28-11-7-5-8-12-28/h6,9-10,13-17,19,23,28,44H,5,7-8,11-12,18,20-22,24-25H2,1-4H3,(H,51,52). The van der Waals surface area contributed by atoms with Gasteiger partial charge >= 0.3 is 12.0 Å². The number of nitrogens with one attached hydrogen (secondary N) is 1. The molecule has 5 aromatic rings. The number of aliphatic carboxylic acids is 1. The van der Waals surface area contributed by atoms with Gasteiger partial charge < -0.3 is 19.9 Å². The predicted octanol–water partition coefficient (Wildman–Crippen LogP) is 7.42. The monoisotopic (exact) mass is 713 g/mol. The number of rotatable bonds is 8. The van der Waals surface area contributed by atoms with E-state index >= 15 is 0 Å². The molecule has 3 aliphatic rings. The molecule has 0 unspecified atom stereocenters. The van der Waals surface area contributed by atoms with Crippen LogP contribution in [-0.4, -0.2) is 78.7 Å². The van der Waals surface area contributed by atoms with Crippen LogP contribution in [0.25, 0.3) is 27.7 Å². The van der Waals surface area contributed by atoms with Crippen LogP contribution in [0.4, 0.5) is 10.6 Å². The molecule has 0 radical (unpaired) electrons. The minimum absolute atomic E-state index is 0.0181. The zero-order valence-electron chi connectivity index (χ0n) is 31.0. The van der Waals surface area contributed by atoms with E-state index in [9.17, 15) is 19.5 Å². The molecule has 53 heavy (non-hydrogen) atoms. The fourth-order valence-electron chi connectivity index (χ4n) is 8.58. The fourth-order valence-corrected chi connectivity index (χ4v) is 8.58. The Morgan fingerprint density at radius 2 is 1.75 bits per heavy atom. The highest BCUT2D eigenvalue weighted by atomic mass is 16.4. The lowest BCUT2D eigenvalue weighted by molar-refractivity contribution is -0.142. The van der Waals surface area contributed by atoms with Crippen molar-refractivity contribution in [3.8, 4) is 16.8 Å². The maximum Gasteiger partial charge on any atom is 0.325 e. The van der Waals surface area contributed by atoms with Crippen LogP contribution in [0.2, 0.25) is 0 Å². The molecule has 1 aliphatic carbocycles. The SMILES string of the molecule is Cc1nccc(-c2ccc3[nH]c(C(=O)N4CCc5nn(-c6ccccc6)c(N6CCN(CC7CCCCC7)C6=O)c5C4)c(C(C)(C)C(=O)O)c3c2)c1C. The number of pyridine rings is 1. The Kier molecular flexibility index (Phi) is 8.83. The topological polar surface area (TPSA) is 128 Å². The summed E-state index contributed by atoms with van der Waals surface area (Å²) in [6, 6.07) is 17.7. The predicted molar refractivity (Wildman–Crippen MR) is 205 cm³/mol. The number of carboxylic acids is 1. The van der Waals surface area contributed by atoms with Crippen molar-refractivity contribution in [1.29, 1.82) is 0 Å². The highest BCUT2D eigenvalue weighted by Gasteiger charge is 2.41. The highest BCUT2D eigenvalue weighted by molar-refractivity contribution is 6.05. The van der Waals surface area contributed by atoms with Crippen LogP contribution >= 0.6 is 0 Å². The van der Waals surface area contributed by atoms with Crippen molar-refractivity contribution in [2.75, 3.05) is 31.1 Å². The molecule has 1 saturated carbocycles. The number of benzene rings is 2. The minimum Gasteiger partial charge on any atom is -0.481 e. The second-order valence-electron chi connectivity index (χ2n) is 15.5. The third kappa shape index (κ3) is 6.05. The summed E-state index contributed by atoms with van der Waals surface area (Å²) >= 11 is 0. The molecule has 274 valence electrons. The van der Waals surface area contributed by atoms with Gasteiger partial charge in [-0.3, -0.25) is 19.5 Å². The summed E-state index contributed by atoms with van der Waals surface area (Å²) in [7, 11) is 0. The van der Waals surface area contributed by atoms with Gasteiger partial charge in [-0.15, -0.1) is 0 Å². The molecule has 11 nitrogen and oxygen atoms in total. The van der Waals surface area contributed by atoms with Gasteiger partial charge in [-0.2, -0.15) is 5.10 Å². The smallest absolute Gasteiger partial charge is 0.325 e. The molecular formula is C42H47N7O4. The van der Waals surface area contributed by atoms with Crippen molar-refractivity contribution in [3.05, 3.63) is 94.6 Å². The lowest BCUT2D eigenvalue weighted by atomic mass is 9.82. The van der Waals surface area contributed by atoms with E-state index in [1.807, 2.05) is 82.9 Å².